The van der Waals surface area contributed by atoms with E-state index >= 15 is 0 Å². The Kier molecular flexibility index (Phi) is 5.60. The largest absolute Gasteiger partial charge is 0.481 e. The third kappa shape index (κ3) is 3.18. The number of carboxylic acid groups (broad SMARTS) is 1. The number of fused-ring (bicyclic) bond motifs is 9. The van der Waals surface area contributed by atoms with Crippen molar-refractivity contribution in [1.29, 1.82) is 0 Å². The molecule has 0 aromatic heterocycles. The standard InChI is InChI=1S/C33H52O4/c1-20-11-16-33(27(34)35)18-17-31(7)22(26(33)21(20)2)9-10-24-29(5)14-13-25-30(6,19-36-28(3,4)37-25)23(29)12-15-32(24,31)8/h9,20-21,23-26H,10-19H2,1-8H3,(H,34,35)/t20-,21+,23?,24?,25+,26?,29+,30?,31-,32-,33+/m1/s1. The summed E-state index contributed by atoms with van der Waals surface area (Å²) in [7, 11) is 0. The number of allylic oxidation sites excluding steroid dienone is 2. The van der Waals surface area contributed by atoms with Gasteiger partial charge >= 0.3 is 5.97 Å². The maximum absolute atomic E-state index is 12.9. The van der Waals surface area contributed by atoms with Crippen molar-refractivity contribution in [3.05, 3.63) is 11.6 Å². The summed E-state index contributed by atoms with van der Waals surface area (Å²) in [6.07, 6.45) is 12.6. The molecule has 1 aliphatic heterocycles. The van der Waals surface area contributed by atoms with Crippen LogP contribution in [0.1, 0.15) is 113 Å². The summed E-state index contributed by atoms with van der Waals surface area (Å²) in [6.45, 7) is 19.9. The van der Waals surface area contributed by atoms with E-state index in [-0.39, 0.29) is 33.7 Å². The molecule has 4 heteroatoms. The average Bonchev–Trinajstić information content (AvgIpc) is 2.82. The van der Waals surface area contributed by atoms with E-state index in [9.17, 15) is 9.90 Å². The maximum atomic E-state index is 12.9. The minimum Gasteiger partial charge on any atom is -0.481 e. The Balaban J connectivity index is 1.41. The quantitative estimate of drug-likeness (QED) is 0.363. The van der Waals surface area contributed by atoms with Gasteiger partial charge in [-0.15, -0.1) is 0 Å². The smallest absolute Gasteiger partial charge is 0.310 e. The molecule has 5 aliphatic carbocycles. The van der Waals surface area contributed by atoms with Crippen molar-refractivity contribution in [2.45, 2.75) is 125 Å². The Bertz CT molecular complexity index is 1020. The van der Waals surface area contributed by atoms with Crippen LogP contribution in [0.5, 0.6) is 0 Å². The first-order chi connectivity index (χ1) is 17.1. The van der Waals surface area contributed by atoms with Crippen LogP contribution in [0.4, 0.5) is 0 Å². The van der Waals surface area contributed by atoms with Gasteiger partial charge in [0.15, 0.2) is 5.79 Å². The van der Waals surface area contributed by atoms with E-state index in [2.05, 4.69) is 61.5 Å². The minimum atomic E-state index is -0.559. The van der Waals surface area contributed by atoms with Crippen LogP contribution < -0.4 is 0 Å². The van der Waals surface area contributed by atoms with E-state index in [0.29, 0.717) is 23.7 Å². The van der Waals surface area contributed by atoms with Gasteiger partial charge in [-0.2, -0.15) is 0 Å². The van der Waals surface area contributed by atoms with Gasteiger partial charge in [0.05, 0.1) is 18.1 Å². The van der Waals surface area contributed by atoms with Crippen molar-refractivity contribution < 1.29 is 19.4 Å². The predicted octanol–water partition coefficient (Wildman–Crippen LogP) is 7.86. The van der Waals surface area contributed by atoms with Crippen LogP contribution in [-0.4, -0.2) is 29.6 Å². The number of carbonyl (C=O) groups is 1. The lowest BCUT2D eigenvalue weighted by Gasteiger charge is -2.72. The normalized spacial score (nSPS) is 56.5. The molecule has 4 saturated carbocycles. The van der Waals surface area contributed by atoms with Crippen molar-refractivity contribution in [3.8, 4) is 0 Å². The van der Waals surface area contributed by atoms with E-state index in [0.717, 1.165) is 45.1 Å². The molecule has 1 heterocycles. The molecule has 4 unspecified atom stereocenters. The molecular weight excluding hydrogens is 460 g/mol. The predicted molar refractivity (Wildman–Crippen MR) is 146 cm³/mol. The first-order valence-electron chi connectivity index (χ1n) is 15.4. The molecule has 6 rings (SSSR count). The minimum absolute atomic E-state index is 0.0626. The van der Waals surface area contributed by atoms with Gasteiger partial charge < -0.3 is 14.6 Å². The van der Waals surface area contributed by atoms with Gasteiger partial charge in [0, 0.05) is 5.41 Å². The van der Waals surface area contributed by atoms with Crippen molar-refractivity contribution in [2.24, 2.45) is 56.7 Å². The molecule has 1 saturated heterocycles. The first-order valence-corrected chi connectivity index (χ1v) is 15.4. The highest BCUT2D eigenvalue weighted by Crippen LogP contribution is 2.76. The molecule has 37 heavy (non-hydrogen) atoms. The molecule has 4 nitrogen and oxygen atoms in total. The summed E-state index contributed by atoms with van der Waals surface area (Å²) < 4.78 is 12.9. The molecule has 6 aliphatic rings. The van der Waals surface area contributed by atoms with Crippen LogP contribution in [-0.2, 0) is 14.3 Å². The second kappa shape index (κ2) is 7.87. The zero-order valence-corrected chi connectivity index (χ0v) is 24.8. The summed E-state index contributed by atoms with van der Waals surface area (Å²) in [6, 6.07) is 0. The van der Waals surface area contributed by atoms with E-state index in [1.165, 1.54) is 24.8 Å². The molecule has 0 aromatic carbocycles. The lowest BCUT2D eigenvalue weighted by molar-refractivity contribution is -0.351. The van der Waals surface area contributed by atoms with Crippen LogP contribution in [0.15, 0.2) is 11.6 Å². The number of carboxylic acids is 1. The Labute approximate surface area is 225 Å². The molecule has 1 N–H and O–H groups in total. The zero-order chi connectivity index (χ0) is 26.8. The fourth-order valence-electron chi connectivity index (χ4n) is 11.7. The molecule has 5 fully saturated rings. The van der Waals surface area contributed by atoms with E-state index in [4.69, 9.17) is 9.47 Å². The molecule has 11 atom stereocenters. The summed E-state index contributed by atoms with van der Waals surface area (Å²) in [5.74, 6) is 1.40. The SMILES string of the molecule is C[C@@H]1CC[C@]2(C(=O)O)CC[C@]3(C)C(=CCC4[C@@]5(C)CC[C@@H]6OC(C)(C)OCC6(C)C5CC[C@]43C)C2[C@H]1C. The van der Waals surface area contributed by atoms with Gasteiger partial charge in [-0.25, -0.2) is 0 Å². The molecule has 0 bridgehead atoms. The van der Waals surface area contributed by atoms with Crippen molar-refractivity contribution in [1.82, 2.24) is 0 Å². The summed E-state index contributed by atoms with van der Waals surface area (Å²) in [5, 5.41) is 10.6. The Hall–Kier alpha value is -0.870. The Morgan fingerprint density at radius 1 is 0.892 bits per heavy atom. The Morgan fingerprint density at radius 2 is 1.62 bits per heavy atom. The maximum Gasteiger partial charge on any atom is 0.310 e. The summed E-state index contributed by atoms with van der Waals surface area (Å²) in [5.41, 5.74) is 1.57. The molecule has 0 aromatic rings. The van der Waals surface area contributed by atoms with Crippen LogP contribution in [0, 0.1) is 56.7 Å². The van der Waals surface area contributed by atoms with Crippen LogP contribution >= 0.6 is 0 Å². The second-order valence-electron chi connectivity index (χ2n) is 15.9. The van der Waals surface area contributed by atoms with Gasteiger partial charge in [0.25, 0.3) is 0 Å². The van der Waals surface area contributed by atoms with Crippen LogP contribution in [0.2, 0.25) is 0 Å². The lowest BCUT2D eigenvalue weighted by Crippen LogP contribution is -2.68. The average molecular weight is 513 g/mol. The summed E-state index contributed by atoms with van der Waals surface area (Å²) in [4.78, 5) is 12.9. The van der Waals surface area contributed by atoms with Crippen molar-refractivity contribution >= 4 is 5.97 Å². The highest BCUT2D eigenvalue weighted by molar-refractivity contribution is 5.76. The van der Waals surface area contributed by atoms with Crippen molar-refractivity contribution in [3.63, 3.8) is 0 Å². The summed E-state index contributed by atoms with van der Waals surface area (Å²) >= 11 is 0. The Morgan fingerprint density at radius 3 is 2.32 bits per heavy atom. The molecule has 0 spiro atoms. The molecule has 0 radical (unpaired) electrons. The molecule has 208 valence electrons. The van der Waals surface area contributed by atoms with E-state index < -0.39 is 17.2 Å². The number of ether oxygens (including phenoxy) is 2. The topological polar surface area (TPSA) is 55.8 Å². The van der Waals surface area contributed by atoms with Gasteiger partial charge in [-0.3, -0.25) is 4.79 Å². The van der Waals surface area contributed by atoms with E-state index in [1.807, 2.05) is 0 Å². The van der Waals surface area contributed by atoms with E-state index in [1.54, 1.807) is 0 Å². The van der Waals surface area contributed by atoms with Gasteiger partial charge in [-0.05, 0) is 117 Å². The zero-order valence-electron chi connectivity index (χ0n) is 24.8. The third-order valence-corrected chi connectivity index (χ3v) is 14.3. The van der Waals surface area contributed by atoms with Gasteiger partial charge in [0.1, 0.15) is 0 Å². The highest BCUT2D eigenvalue weighted by Gasteiger charge is 2.70. The monoisotopic (exact) mass is 512 g/mol. The number of hydrogen-bond donors (Lipinski definition) is 1. The number of rotatable bonds is 1. The third-order valence-electron chi connectivity index (χ3n) is 14.3. The fourth-order valence-corrected chi connectivity index (χ4v) is 11.7. The second-order valence-corrected chi connectivity index (χ2v) is 15.9. The highest BCUT2D eigenvalue weighted by atomic mass is 16.7. The van der Waals surface area contributed by atoms with Gasteiger partial charge in [0.2, 0.25) is 0 Å². The lowest BCUT2D eigenvalue weighted by atomic mass is 9.33. The number of aliphatic carboxylic acids is 1. The fraction of sp³-hybridized carbons (Fsp3) is 0.909. The van der Waals surface area contributed by atoms with Crippen LogP contribution in [0.25, 0.3) is 0 Å². The first kappa shape index (κ1) is 26.4. The van der Waals surface area contributed by atoms with Crippen molar-refractivity contribution in [2.75, 3.05) is 6.61 Å². The molecule has 0 amide bonds. The van der Waals surface area contributed by atoms with Gasteiger partial charge in [-0.1, -0.05) is 53.2 Å². The van der Waals surface area contributed by atoms with Crippen LogP contribution in [0.3, 0.4) is 0 Å². The number of hydrogen-bond acceptors (Lipinski definition) is 3. The molecular formula is C33H52O4.